The number of amides is 1. The Kier molecular flexibility index (Phi) is 5.83. The van der Waals surface area contributed by atoms with Gasteiger partial charge in [0.2, 0.25) is 0 Å². The Morgan fingerprint density at radius 3 is 2.54 bits per heavy atom. The second-order valence-electron chi connectivity index (χ2n) is 5.47. The topological polar surface area (TPSA) is 101 Å². The van der Waals surface area contributed by atoms with Crippen LogP contribution in [0.3, 0.4) is 0 Å². The Labute approximate surface area is 138 Å². The van der Waals surface area contributed by atoms with Crippen molar-refractivity contribution in [1.29, 1.82) is 0 Å². The van der Waals surface area contributed by atoms with E-state index in [-0.39, 0.29) is 23.7 Å². The fourth-order valence-corrected chi connectivity index (χ4v) is 2.30. The average molecular weight is 329 g/mol. The van der Waals surface area contributed by atoms with Gasteiger partial charge in [0.1, 0.15) is 5.69 Å². The number of aliphatic carboxylic acids is 1. The van der Waals surface area contributed by atoms with Crippen molar-refractivity contribution in [3.63, 3.8) is 0 Å². The summed E-state index contributed by atoms with van der Waals surface area (Å²) in [6.45, 7) is 0. The predicted molar refractivity (Wildman–Crippen MR) is 87.7 cm³/mol. The molecule has 2 rings (SSSR count). The minimum atomic E-state index is -0.914. The zero-order valence-electron chi connectivity index (χ0n) is 13.3. The summed E-state index contributed by atoms with van der Waals surface area (Å²) in [5, 5.41) is 15.6. The molecule has 0 saturated heterocycles. The molecule has 1 heterocycles. The molecule has 7 heteroatoms. The van der Waals surface area contributed by atoms with E-state index in [0.717, 1.165) is 10.2 Å². The van der Waals surface area contributed by atoms with Crippen molar-refractivity contribution in [2.45, 2.75) is 25.3 Å². The van der Waals surface area contributed by atoms with E-state index < -0.39 is 11.9 Å². The van der Waals surface area contributed by atoms with Crippen molar-refractivity contribution in [3.8, 4) is 0 Å². The van der Waals surface area contributed by atoms with Crippen LogP contribution in [0.2, 0.25) is 0 Å². The molecule has 2 N–H and O–H groups in total. The van der Waals surface area contributed by atoms with Crippen LogP contribution in [-0.4, -0.2) is 32.8 Å². The summed E-state index contributed by atoms with van der Waals surface area (Å²) in [6, 6.07) is 11.8. The molecule has 7 nitrogen and oxygen atoms in total. The Morgan fingerprint density at radius 1 is 1.21 bits per heavy atom. The van der Waals surface area contributed by atoms with E-state index in [1.54, 1.807) is 0 Å². The van der Waals surface area contributed by atoms with E-state index in [2.05, 4.69) is 10.4 Å². The number of carboxylic acid groups (broad SMARTS) is 1. The molecule has 0 spiro atoms. The molecule has 0 aliphatic heterocycles. The molecule has 1 unspecified atom stereocenters. The zero-order chi connectivity index (χ0) is 17.5. The molecule has 0 aliphatic carbocycles. The molecule has 0 saturated carbocycles. The molecular formula is C17H19N3O4. The second-order valence-corrected chi connectivity index (χ2v) is 5.47. The van der Waals surface area contributed by atoms with E-state index in [4.69, 9.17) is 5.11 Å². The first-order chi connectivity index (χ1) is 11.5. The predicted octanol–water partition coefficient (Wildman–Crippen LogP) is 0.986. The molecular weight excluding hydrogens is 310 g/mol. The number of aromatic nitrogens is 2. The SMILES string of the molecule is Cn1nc(C(=O)NC(CCC(=O)O)Cc2ccccc2)ccc1=O. The molecule has 0 fully saturated rings. The van der Waals surface area contributed by atoms with Crippen molar-refractivity contribution >= 4 is 11.9 Å². The van der Waals surface area contributed by atoms with Gasteiger partial charge in [-0.15, -0.1) is 0 Å². The summed E-state index contributed by atoms with van der Waals surface area (Å²) in [7, 11) is 1.46. The summed E-state index contributed by atoms with van der Waals surface area (Å²) in [4.78, 5) is 34.5. The molecule has 126 valence electrons. The molecule has 0 aliphatic rings. The van der Waals surface area contributed by atoms with Crippen LogP contribution in [0.4, 0.5) is 0 Å². The van der Waals surface area contributed by atoms with Gasteiger partial charge < -0.3 is 10.4 Å². The van der Waals surface area contributed by atoms with Crippen molar-refractivity contribution in [1.82, 2.24) is 15.1 Å². The van der Waals surface area contributed by atoms with E-state index in [1.165, 1.54) is 19.2 Å². The number of carbonyl (C=O) groups excluding carboxylic acids is 1. The third kappa shape index (κ3) is 5.05. The fourth-order valence-electron chi connectivity index (χ4n) is 2.30. The first-order valence-electron chi connectivity index (χ1n) is 7.56. The first kappa shape index (κ1) is 17.4. The van der Waals surface area contributed by atoms with Crippen molar-refractivity contribution in [2.75, 3.05) is 0 Å². The molecule has 1 aromatic heterocycles. The van der Waals surface area contributed by atoms with Crippen molar-refractivity contribution in [3.05, 3.63) is 64.1 Å². The van der Waals surface area contributed by atoms with Crippen molar-refractivity contribution in [2.24, 2.45) is 7.05 Å². The maximum absolute atomic E-state index is 12.3. The minimum Gasteiger partial charge on any atom is -0.481 e. The standard InChI is InChI=1S/C17H19N3O4/c1-20-15(21)9-8-14(19-20)17(24)18-13(7-10-16(22)23)11-12-5-3-2-4-6-12/h2-6,8-9,13H,7,10-11H2,1H3,(H,18,24)(H,22,23). The lowest BCUT2D eigenvalue weighted by Crippen LogP contribution is -2.38. The molecule has 0 bridgehead atoms. The molecule has 24 heavy (non-hydrogen) atoms. The van der Waals surface area contributed by atoms with Crippen LogP contribution in [0.5, 0.6) is 0 Å². The van der Waals surface area contributed by atoms with Gasteiger partial charge in [-0.05, 0) is 24.5 Å². The Hall–Kier alpha value is -2.96. The molecule has 2 aromatic rings. The van der Waals surface area contributed by atoms with E-state index in [0.29, 0.717) is 12.8 Å². The van der Waals surface area contributed by atoms with Gasteiger partial charge in [-0.1, -0.05) is 30.3 Å². The lowest BCUT2D eigenvalue weighted by atomic mass is 10.0. The third-order valence-electron chi connectivity index (χ3n) is 3.56. The van der Waals surface area contributed by atoms with Crippen LogP contribution in [-0.2, 0) is 18.3 Å². The van der Waals surface area contributed by atoms with Crippen molar-refractivity contribution < 1.29 is 14.7 Å². The van der Waals surface area contributed by atoms with Crippen LogP contribution in [0.25, 0.3) is 0 Å². The number of carbonyl (C=O) groups is 2. The van der Waals surface area contributed by atoms with E-state index in [9.17, 15) is 14.4 Å². The minimum absolute atomic E-state index is 0.0432. The molecule has 1 atom stereocenters. The highest BCUT2D eigenvalue weighted by Gasteiger charge is 2.17. The van der Waals surface area contributed by atoms with Gasteiger partial charge in [0, 0.05) is 25.6 Å². The smallest absolute Gasteiger partial charge is 0.303 e. The number of rotatable bonds is 7. The zero-order valence-corrected chi connectivity index (χ0v) is 13.3. The Balaban J connectivity index is 2.10. The molecule has 1 amide bonds. The number of nitrogens with zero attached hydrogens (tertiary/aromatic N) is 2. The number of nitrogens with one attached hydrogen (secondary N) is 1. The molecule has 0 radical (unpaired) electrons. The Bertz CT molecular complexity index is 771. The monoisotopic (exact) mass is 329 g/mol. The van der Waals surface area contributed by atoms with Crippen LogP contribution in [0.1, 0.15) is 28.9 Å². The highest BCUT2D eigenvalue weighted by Crippen LogP contribution is 2.09. The van der Waals surface area contributed by atoms with E-state index >= 15 is 0 Å². The van der Waals surface area contributed by atoms with Crippen LogP contribution < -0.4 is 10.9 Å². The van der Waals surface area contributed by atoms with Gasteiger partial charge in [0.25, 0.3) is 11.5 Å². The van der Waals surface area contributed by atoms with Crippen LogP contribution in [0.15, 0.2) is 47.3 Å². The summed E-state index contributed by atoms with van der Waals surface area (Å²) in [6.07, 6.45) is 0.784. The lowest BCUT2D eigenvalue weighted by molar-refractivity contribution is -0.137. The number of hydrogen-bond acceptors (Lipinski definition) is 4. The summed E-state index contributed by atoms with van der Waals surface area (Å²) in [5.41, 5.74) is 0.811. The quantitative estimate of drug-likeness (QED) is 0.789. The first-order valence-corrected chi connectivity index (χ1v) is 7.56. The normalized spacial score (nSPS) is 11.7. The number of hydrogen-bond donors (Lipinski definition) is 2. The van der Waals surface area contributed by atoms with E-state index in [1.807, 2.05) is 30.3 Å². The maximum atomic E-state index is 12.3. The third-order valence-corrected chi connectivity index (χ3v) is 3.56. The molecule has 1 aromatic carbocycles. The summed E-state index contributed by atoms with van der Waals surface area (Å²) < 4.78 is 1.08. The van der Waals surface area contributed by atoms with Crippen LogP contribution >= 0.6 is 0 Å². The fraction of sp³-hybridized carbons (Fsp3) is 0.294. The van der Waals surface area contributed by atoms with Gasteiger partial charge >= 0.3 is 5.97 Å². The number of benzene rings is 1. The second kappa shape index (κ2) is 8.05. The van der Waals surface area contributed by atoms with Gasteiger partial charge in [0.05, 0.1) is 0 Å². The Morgan fingerprint density at radius 2 is 1.92 bits per heavy atom. The van der Waals surface area contributed by atoms with Gasteiger partial charge in [0.15, 0.2) is 0 Å². The lowest BCUT2D eigenvalue weighted by Gasteiger charge is -2.18. The highest BCUT2D eigenvalue weighted by atomic mass is 16.4. The van der Waals surface area contributed by atoms with Gasteiger partial charge in [-0.25, -0.2) is 4.68 Å². The summed E-state index contributed by atoms with van der Waals surface area (Å²) in [5.74, 6) is -1.35. The number of aryl methyl sites for hydroxylation is 1. The average Bonchev–Trinajstić information content (AvgIpc) is 2.56. The highest BCUT2D eigenvalue weighted by molar-refractivity contribution is 5.92. The van der Waals surface area contributed by atoms with Crippen LogP contribution in [0, 0.1) is 0 Å². The number of carboxylic acids is 1. The largest absolute Gasteiger partial charge is 0.481 e. The van der Waals surface area contributed by atoms with Gasteiger partial charge in [-0.2, -0.15) is 5.10 Å². The summed E-state index contributed by atoms with van der Waals surface area (Å²) >= 11 is 0. The maximum Gasteiger partial charge on any atom is 0.303 e. The van der Waals surface area contributed by atoms with Gasteiger partial charge in [-0.3, -0.25) is 14.4 Å².